The fourth-order valence-electron chi connectivity index (χ4n) is 1.92. The minimum atomic E-state index is 0.464. The Morgan fingerprint density at radius 1 is 1.44 bits per heavy atom. The molecular formula is C14H20N2OS. The molecule has 1 N–H and O–H groups in total. The van der Waals surface area contributed by atoms with Crippen molar-refractivity contribution in [3.05, 3.63) is 35.9 Å². The van der Waals surface area contributed by atoms with E-state index in [1.807, 2.05) is 11.8 Å². The summed E-state index contributed by atoms with van der Waals surface area (Å²) in [6.07, 6.45) is 0. The van der Waals surface area contributed by atoms with Gasteiger partial charge in [0.2, 0.25) is 0 Å². The van der Waals surface area contributed by atoms with Crippen molar-refractivity contribution in [2.24, 2.45) is 10.9 Å². The summed E-state index contributed by atoms with van der Waals surface area (Å²) in [5.41, 5.74) is 1.35. The molecule has 0 fully saturated rings. The van der Waals surface area contributed by atoms with Crippen molar-refractivity contribution in [3.8, 4) is 0 Å². The molecule has 0 radical (unpaired) electrons. The lowest BCUT2D eigenvalue weighted by molar-refractivity contribution is 0.161. The molecule has 0 aliphatic carbocycles. The highest BCUT2D eigenvalue weighted by atomic mass is 32.2. The monoisotopic (exact) mass is 264 g/mol. The molecule has 2 unspecified atom stereocenters. The maximum atomic E-state index is 5.12. The summed E-state index contributed by atoms with van der Waals surface area (Å²) in [6.45, 7) is 4.75. The van der Waals surface area contributed by atoms with Gasteiger partial charge >= 0.3 is 0 Å². The number of nitrogens with one attached hydrogen (secondary N) is 1. The molecule has 0 saturated carbocycles. The smallest absolute Gasteiger partial charge is 0.157 e. The molecule has 2 rings (SSSR count). The molecule has 18 heavy (non-hydrogen) atoms. The van der Waals surface area contributed by atoms with Crippen LogP contribution in [0.5, 0.6) is 0 Å². The van der Waals surface area contributed by atoms with Crippen LogP contribution in [-0.4, -0.2) is 32.0 Å². The number of hydrogen-bond donors (Lipinski definition) is 1. The van der Waals surface area contributed by atoms with Crippen LogP contribution in [0.4, 0.5) is 0 Å². The number of rotatable bonds is 5. The molecule has 0 saturated heterocycles. The molecule has 1 aromatic carbocycles. The lowest BCUT2D eigenvalue weighted by atomic mass is 10.1. The third kappa shape index (κ3) is 3.75. The summed E-state index contributed by atoms with van der Waals surface area (Å²) >= 11 is 1.82. The van der Waals surface area contributed by atoms with Crippen LogP contribution in [0.2, 0.25) is 0 Å². The van der Waals surface area contributed by atoms with Gasteiger partial charge in [0.1, 0.15) is 0 Å². The van der Waals surface area contributed by atoms with Crippen LogP contribution in [-0.2, 0) is 4.74 Å². The second-order valence-electron chi connectivity index (χ2n) is 4.60. The average Bonchev–Trinajstić information content (AvgIpc) is 2.87. The summed E-state index contributed by atoms with van der Waals surface area (Å²) in [4.78, 5) is 4.55. The molecule has 1 aliphatic rings. The third-order valence-corrected chi connectivity index (χ3v) is 4.08. The van der Waals surface area contributed by atoms with Gasteiger partial charge < -0.3 is 10.1 Å². The Morgan fingerprint density at radius 2 is 2.22 bits per heavy atom. The zero-order chi connectivity index (χ0) is 12.8. The van der Waals surface area contributed by atoms with Crippen molar-refractivity contribution in [1.82, 2.24) is 5.32 Å². The molecule has 1 aromatic rings. The normalized spacial score (nSPS) is 20.6. The molecule has 0 amide bonds. The van der Waals surface area contributed by atoms with Crippen LogP contribution < -0.4 is 5.32 Å². The van der Waals surface area contributed by atoms with Crippen molar-refractivity contribution in [2.45, 2.75) is 12.2 Å². The number of hydrogen-bond acceptors (Lipinski definition) is 4. The largest absolute Gasteiger partial charge is 0.384 e. The highest BCUT2D eigenvalue weighted by Gasteiger charge is 2.21. The highest BCUT2D eigenvalue weighted by molar-refractivity contribution is 8.14. The Balaban J connectivity index is 1.78. The number of nitrogens with zero attached hydrogens (tertiary/aromatic N) is 1. The van der Waals surface area contributed by atoms with E-state index < -0.39 is 0 Å². The van der Waals surface area contributed by atoms with Gasteiger partial charge in [0, 0.05) is 13.7 Å². The van der Waals surface area contributed by atoms with Crippen molar-refractivity contribution < 1.29 is 4.74 Å². The Kier molecular flexibility index (Phi) is 5.08. The van der Waals surface area contributed by atoms with E-state index in [9.17, 15) is 0 Å². The zero-order valence-corrected chi connectivity index (χ0v) is 11.7. The maximum absolute atomic E-state index is 5.12. The number of ether oxygens (including phenoxy) is 1. The minimum Gasteiger partial charge on any atom is -0.384 e. The van der Waals surface area contributed by atoms with Crippen LogP contribution in [0.15, 0.2) is 35.3 Å². The highest BCUT2D eigenvalue weighted by Crippen LogP contribution is 2.34. The van der Waals surface area contributed by atoms with E-state index >= 15 is 0 Å². The van der Waals surface area contributed by atoms with Gasteiger partial charge in [-0.1, -0.05) is 49.0 Å². The summed E-state index contributed by atoms with van der Waals surface area (Å²) in [6, 6.07) is 10.6. The predicted molar refractivity (Wildman–Crippen MR) is 78.1 cm³/mol. The van der Waals surface area contributed by atoms with E-state index in [4.69, 9.17) is 4.74 Å². The van der Waals surface area contributed by atoms with Crippen molar-refractivity contribution in [1.29, 1.82) is 0 Å². The van der Waals surface area contributed by atoms with Crippen molar-refractivity contribution in [2.75, 3.05) is 26.8 Å². The lowest BCUT2D eigenvalue weighted by Gasteiger charge is -2.13. The van der Waals surface area contributed by atoms with Gasteiger partial charge in [-0.25, -0.2) is 0 Å². The molecule has 0 bridgehead atoms. The van der Waals surface area contributed by atoms with Gasteiger partial charge in [-0.05, 0) is 11.5 Å². The number of amidine groups is 1. The molecule has 2 atom stereocenters. The van der Waals surface area contributed by atoms with E-state index in [1.165, 1.54) is 5.56 Å². The Bertz CT molecular complexity index is 394. The third-order valence-electron chi connectivity index (χ3n) is 2.88. The Labute approximate surface area is 113 Å². The number of aliphatic imine (C=N–C) groups is 1. The molecule has 1 aliphatic heterocycles. The molecule has 0 aromatic heterocycles. The van der Waals surface area contributed by atoms with E-state index in [-0.39, 0.29) is 0 Å². The SMILES string of the molecule is COCC(C)CNC1=NCC(c2ccccc2)S1. The van der Waals surface area contributed by atoms with E-state index in [0.717, 1.165) is 24.9 Å². The van der Waals surface area contributed by atoms with E-state index in [2.05, 4.69) is 47.6 Å². The molecule has 4 heteroatoms. The quantitative estimate of drug-likeness (QED) is 0.888. The number of thioether (sulfide) groups is 1. The first kappa shape index (κ1) is 13.4. The van der Waals surface area contributed by atoms with Gasteiger partial charge in [0.15, 0.2) is 5.17 Å². The molecule has 0 spiro atoms. The van der Waals surface area contributed by atoms with Gasteiger partial charge in [-0.2, -0.15) is 0 Å². The standard InChI is InChI=1S/C14H20N2OS/c1-11(10-17-2)8-15-14-16-9-13(18-14)12-6-4-3-5-7-12/h3-7,11,13H,8-10H2,1-2H3,(H,15,16). The van der Waals surface area contributed by atoms with Gasteiger partial charge in [0.25, 0.3) is 0 Å². The van der Waals surface area contributed by atoms with Crippen molar-refractivity contribution in [3.63, 3.8) is 0 Å². The van der Waals surface area contributed by atoms with Crippen LogP contribution in [0, 0.1) is 5.92 Å². The molecule has 3 nitrogen and oxygen atoms in total. The average molecular weight is 264 g/mol. The summed E-state index contributed by atoms with van der Waals surface area (Å²) in [5.74, 6) is 0.508. The van der Waals surface area contributed by atoms with Crippen molar-refractivity contribution >= 4 is 16.9 Å². The van der Waals surface area contributed by atoms with Gasteiger partial charge in [-0.3, -0.25) is 4.99 Å². The number of benzene rings is 1. The summed E-state index contributed by atoms with van der Waals surface area (Å²) < 4.78 is 5.12. The zero-order valence-electron chi connectivity index (χ0n) is 10.9. The first-order valence-corrected chi connectivity index (χ1v) is 7.16. The topological polar surface area (TPSA) is 33.6 Å². The predicted octanol–water partition coefficient (Wildman–Crippen LogP) is 2.70. The van der Waals surface area contributed by atoms with Crippen LogP contribution in [0.25, 0.3) is 0 Å². The fourth-order valence-corrected chi connectivity index (χ4v) is 2.95. The molecule has 1 heterocycles. The Hall–Kier alpha value is -1.00. The lowest BCUT2D eigenvalue weighted by Crippen LogP contribution is -2.27. The molecular weight excluding hydrogens is 244 g/mol. The van der Waals surface area contributed by atoms with Crippen LogP contribution in [0.1, 0.15) is 17.7 Å². The Morgan fingerprint density at radius 3 is 2.94 bits per heavy atom. The van der Waals surface area contributed by atoms with Gasteiger partial charge in [0.05, 0.1) is 18.4 Å². The fraction of sp³-hybridized carbons (Fsp3) is 0.500. The second kappa shape index (κ2) is 6.81. The summed E-state index contributed by atoms with van der Waals surface area (Å²) in [7, 11) is 1.74. The van der Waals surface area contributed by atoms with Crippen LogP contribution >= 0.6 is 11.8 Å². The molecule has 98 valence electrons. The summed E-state index contributed by atoms with van der Waals surface area (Å²) in [5, 5.41) is 4.93. The first-order chi connectivity index (χ1) is 8.79. The number of methoxy groups -OCH3 is 1. The second-order valence-corrected chi connectivity index (χ2v) is 5.80. The van der Waals surface area contributed by atoms with Gasteiger partial charge in [-0.15, -0.1) is 0 Å². The minimum absolute atomic E-state index is 0.464. The van der Waals surface area contributed by atoms with E-state index in [0.29, 0.717) is 11.2 Å². The van der Waals surface area contributed by atoms with E-state index in [1.54, 1.807) is 7.11 Å². The maximum Gasteiger partial charge on any atom is 0.157 e. The first-order valence-electron chi connectivity index (χ1n) is 6.28. The van der Waals surface area contributed by atoms with Crippen LogP contribution in [0.3, 0.4) is 0 Å².